The predicted molar refractivity (Wildman–Crippen MR) is 121 cm³/mol. The molecule has 0 saturated carbocycles. The van der Waals surface area contributed by atoms with Gasteiger partial charge in [-0.25, -0.2) is 15.0 Å². The Kier molecular flexibility index (Phi) is 8.54. The summed E-state index contributed by atoms with van der Waals surface area (Å²) in [6.45, 7) is -1.65. The molecule has 0 aliphatic carbocycles. The Morgan fingerprint density at radius 1 is 0.921 bits per heavy atom. The van der Waals surface area contributed by atoms with Gasteiger partial charge >= 0.3 is 15.2 Å². The average molecular weight is 587 g/mol. The molecule has 0 aromatic carbocycles. The van der Waals surface area contributed by atoms with Gasteiger partial charge in [0.15, 0.2) is 29.9 Å². The van der Waals surface area contributed by atoms with Crippen LogP contribution in [0.2, 0.25) is 0 Å². The molecule has 214 valence electrons. The molecule has 2 aliphatic rings. The quantitative estimate of drug-likeness (QED) is 0.127. The Morgan fingerprint density at radius 3 is 2.29 bits per heavy atom. The van der Waals surface area contributed by atoms with E-state index in [1.54, 1.807) is 0 Å². The van der Waals surface area contributed by atoms with Crippen molar-refractivity contribution in [3.8, 4) is 0 Å². The highest BCUT2D eigenvalue weighted by molar-refractivity contribution is 7.70. The molecule has 2 aliphatic heterocycles. The molecule has 5 unspecified atom stereocenters. The maximum atomic E-state index is 12.5. The molecule has 4 rings (SSSR count). The number of aliphatic hydroxyl groups excluding tert-OH is 6. The lowest BCUT2D eigenvalue weighted by molar-refractivity contribution is -0.278. The average Bonchev–Trinajstić information content (AvgIpc) is 3.39. The van der Waals surface area contributed by atoms with Gasteiger partial charge < -0.3 is 60.2 Å². The molecule has 11 atom stereocenters. The Hall–Kier alpha value is -1.67. The third-order valence-corrected chi connectivity index (χ3v) is 9.86. The van der Waals surface area contributed by atoms with E-state index in [0.29, 0.717) is 0 Å². The van der Waals surface area contributed by atoms with Crippen LogP contribution in [0.3, 0.4) is 0 Å². The minimum absolute atomic E-state index is 0.0576. The molecule has 2 saturated heterocycles. The van der Waals surface area contributed by atoms with Crippen LogP contribution in [0.4, 0.5) is 5.82 Å². The summed E-state index contributed by atoms with van der Waals surface area (Å²) in [5.41, 5.74) is 6.11. The Bertz CT molecular complexity index is 1230. The number of imidazole rings is 1. The standard InChI is InChI=1S/C17H27N5O14P2/c18-14-8-15(20-3-19-14)22(4-21-8)16-12(27)10(25)7(34-16)2-33-37(29,30)5-38(31,32)36-17-13(28)11(26)9(24)6(1-23)35-17/h3-4,6-7,9-13,16-17,23-28H,1-2,5H2,(H,29,30)(H,31,32)(H2,18,19,20)/t6?,7-,9-,10?,11+,12+,13?,16-,17+/m1/s1. The summed E-state index contributed by atoms with van der Waals surface area (Å²) in [5.74, 6) is -1.45. The smallest absolute Gasteiger partial charge is 0.342 e. The van der Waals surface area contributed by atoms with Crippen molar-refractivity contribution < 1.29 is 68.1 Å². The van der Waals surface area contributed by atoms with E-state index in [2.05, 4.69) is 15.0 Å². The van der Waals surface area contributed by atoms with Crippen LogP contribution in [0.25, 0.3) is 11.2 Å². The third-order valence-electron chi connectivity index (χ3n) is 5.91. The van der Waals surface area contributed by atoms with Gasteiger partial charge in [0.1, 0.15) is 54.6 Å². The maximum Gasteiger partial charge on any atom is 0.342 e. The van der Waals surface area contributed by atoms with Crippen molar-refractivity contribution in [1.29, 1.82) is 0 Å². The molecule has 2 fully saturated rings. The predicted octanol–water partition coefficient (Wildman–Crippen LogP) is -3.81. The summed E-state index contributed by atoms with van der Waals surface area (Å²) in [4.78, 5) is 32.0. The number of anilines is 1. The first kappa shape index (κ1) is 29.3. The van der Waals surface area contributed by atoms with Crippen LogP contribution in [-0.4, -0.2) is 128 Å². The fourth-order valence-electron chi connectivity index (χ4n) is 3.96. The number of fused-ring (bicyclic) bond motifs is 1. The van der Waals surface area contributed by atoms with Gasteiger partial charge in [0.2, 0.25) is 0 Å². The summed E-state index contributed by atoms with van der Waals surface area (Å²) < 4.78 is 46.3. The molecule has 2 aromatic heterocycles. The first-order valence-electron chi connectivity index (χ1n) is 11.0. The number of ether oxygens (including phenoxy) is 2. The second-order valence-corrected chi connectivity index (χ2v) is 12.8. The number of nitrogens with zero attached hydrogens (tertiary/aromatic N) is 4. The van der Waals surface area contributed by atoms with Gasteiger partial charge in [-0.05, 0) is 0 Å². The zero-order valence-corrected chi connectivity index (χ0v) is 21.0. The summed E-state index contributed by atoms with van der Waals surface area (Å²) in [7, 11) is -10.0. The van der Waals surface area contributed by atoms with Gasteiger partial charge in [-0.3, -0.25) is 18.2 Å². The van der Waals surface area contributed by atoms with Crippen molar-refractivity contribution in [2.24, 2.45) is 0 Å². The zero-order chi connectivity index (χ0) is 28.0. The van der Waals surface area contributed by atoms with Crippen molar-refractivity contribution in [1.82, 2.24) is 19.5 Å². The van der Waals surface area contributed by atoms with E-state index >= 15 is 0 Å². The topological polar surface area (TPSA) is 303 Å². The molecule has 4 heterocycles. The van der Waals surface area contributed by atoms with Crippen LogP contribution < -0.4 is 5.73 Å². The number of nitrogens with two attached hydrogens (primary N) is 1. The number of nitrogen functional groups attached to an aromatic ring is 1. The second kappa shape index (κ2) is 11.1. The van der Waals surface area contributed by atoms with Gasteiger partial charge in [-0.1, -0.05) is 0 Å². The highest BCUT2D eigenvalue weighted by Gasteiger charge is 2.49. The normalized spacial score (nSPS) is 37.2. The number of hydrogen-bond donors (Lipinski definition) is 9. The molecule has 0 spiro atoms. The van der Waals surface area contributed by atoms with Crippen molar-refractivity contribution >= 4 is 32.2 Å². The van der Waals surface area contributed by atoms with Crippen LogP contribution in [0.15, 0.2) is 12.7 Å². The van der Waals surface area contributed by atoms with Gasteiger partial charge in [-0.2, -0.15) is 0 Å². The molecule has 0 amide bonds. The summed E-state index contributed by atoms with van der Waals surface area (Å²) >= 11 is 0. The van der Waals surface area contributed by atoms with Crippen molar-refractivity contribution in [3.05, 3.63) is 12.7 Å². The van der Waals surface area contributed by atoms with E-state index < -0.39 is 89.6 Å². The van der Waals surface area contributed by atoms with Gasteiger partial charge in [0.25, 0.3) is 0 Å². The molecule has 19 nitrogen and oxygen atoms in total. The number of aliphatic hydroxyl groups is 6. The molecule has 0 bridgehead atoms. The van der Waals surface area contributed by atoms with E-state index in [4.69, 9.17) is 24.3 Å². The van der Waals surface area contributed by atoms with E-state index in [9.17, 15) is 49.6 Å². The zero-order valence-electron chi connectivity index (χ0n) is 19.3. The van der Waals surface area contributed by atoms with Gasteiger partial charge in [0.05, 0.1) is 19.5 Å². The number of aromatic nitrogens is 4. The lowest BCUT2D eigenvalue weighted by atomic mass is 10.00. The van der Waals surface area contributed by atoms with E-state index in [1.165, 1.54) is 10.9 Å². The summed E-state index contributed by atoms with van der Waals surface area (Å²) in [6.07, 6.45) is -12.6. The van der Waals surface area contributed by atoms with Gasteiger partial charge in [-0.15, -0.1) is 0 Å². The summed E-state index contributed by atoms with van der Waals surface area (Å²) in [6, 6.07) is 0. The fraction of sp³-hybridized carbons (Fsp3) is 0.706. The second-order valence-electron chi connectivity index (χ2n) is 8.64. The molecule has 21 heteroatoms. The lowest BCUT2D eigenvalue weighted by Crippen LogP contribution is -2.58. The van der Waals surface area contributed by atoms with Crippen LogP contribution >= 0.6 is 15.2 Å². The first-order valence-corrected chi connectivity index (χ1v) is 14.5. The van der Waals surface area contributed by atoms with Crippen LogP contribution in [0, 0.1) is 0 Å². The third kappa shape index (κ3) is 5.91. The first-order chi connectivity index (χ1) is 17.7. The molecule has 0 radical (unpaired) electrons. The molecule has 2 aromatic rings. The fourth-order valence-corrected chi connectivity index (χ4v) is 7.24. The lowest BCUT2D eigenvalue weighted by Gasteiger charge is -2.39. The van der Waals surface area contributed by atoms with Crippen LogP contribution in [0.1, 0.15) is 6.23 Å². The Labute approximate surface area is 213 Å². The molecule has 38 heavy (non-hydrogen) atoms. The Balaban J connectivity index is 1.38. The molecular weight excluding hydrogens is 560 g/mol. The monoisotopic (exact) mass is 587 g/mol. The minimum atomic E-state index is -5.06. The SMILES string of the molecule is Nc1ncnc2c1ncn2[C@@H]1O[C@H](COP(=O)(O)CP(=O)(O)O[C@@H]2OC(CO)[C@@H](O)[C@H](O)C2O)C(O)[C@@H]1O. The van der Waals surface area contributed by atoms with E-state index in [-0.39, 0.29) is 17.0 Å². The largest absolute Gasteiger partial charge is 0.394 e. The maximum absolute atomic E-state index is 12.5. The van der Waals surface area contributed by atoms with Crippen molar-refractivity contribution in [3.63, 3.8) is 0 Å². The van der Waals surface area contributed by atoms with E-state index in [0.717, 1.165) is 6.33 Å². The van der Waals surface area contributed by atoms with Crippen molar-refractivity contribution in [2.75, 3.05) is 24.9 Å². The van der Waals surface area contributed by atoms with Crippen LogP contribution in [0.5, 0.6) is 0 Å². The van der Waals surface area contributed by atoms with Crippen molar-refractivity contribution in [2.45, 2.75) is 55.2 Å². The van der Waals surface area contributed by atoms with E-state index in [1.807, 2.05) is 0 Å². The van der Waals surface area contributed by atoms with Crippen LogP contribution in [-0.2, 0) is 27.7 Å². The number of hydrogen-bond acceptors (Lipinski definition) is 16. The highest BCUT2D eigenvalue weighted by atomic mass is 31.2. The molecular formula is C17H27N5O14P2. The van der Waals surface area contributed by atoms with Gasteiger partial charge in [0, 0.05) is 0 Å². The Morgan fingerprint density at radius 2 is 1.61 bits per heavy atom. The number of rotatable bonds is 9. The minimum Gasteiger partial charge on any atom is -0.394 e. The highest BCUT2D eigenvalue weighted by Crippen LogP contribution is 2.59. The molecule has 10 N–H and O–H groups in total. The summed E-state index contributed by atoms with van der Waals surface area (Å²) in [5, 5.41) is 59.5.